The Morgan fingerprint density at radius 2 is 1.88 bits per heavy atom. The van der Waals surface area contributed by atoms with Gasteiger partial charge in [-0.2, -0.15) is 0 Å². The maximum Gasteiger partial charge on any atom is 0.224 e. The van der Waals surface area contributed by atoms with Crippen LogP contribution in [0.2, 0.25) is 0 Å². The Morgan fingerprint density at radius 3 is 2.54 bits per heavy atom. The minimum absolute atomic E-state index is 0.0462. The van der Waals surface area contributed by atoms with Crippen molar-refractivity contribution >= 4 is 11.6 Å². The highest BCUT2D eigenvalue weighted by molar-refractivity contribution is 5.91. The van der Waals surface area contributed by atoms with Crippen LogP contribution in [0, 0.1) is 5.92 Å². The molecule has 1 aliphatic rings. The van der Waals surface area contributed by atoms with E-state index in [4.69, 9.17) is 9.47 Å². The number of carbonyl (C=O) groups excluding carboxylic acids is 1. The summed E-state index contributed by atoms with van der Waals surface area (Å²) in [6.07, 6.45) is 6.95. The number of para-hydroxylation sites is 2. The molecule has 3 rings (SSSR count). The third kappa shape index (κ3) is 4.16. The van der Waals surface area contributed by atoms with Crippen LogP contribution in [-0.2, 0) is 4.79 Å². The molecule has 1 amide bonds. The second-order valence-corrected chi connectivity index (χ2v) is 5.80. The van der Waals surface area contributed by atoms with Crippen LogP contribution in [0.1, 0.15) is 19.3 Å². The minimum atomic E-state index is 0.0462. The summed E-state index contributed by atoms with van der Waals surface area (Å²) in [5.74, 6) is 2.45. The second-order valence-electron chi connectivity index (χ2n) is 5.80. The molecule has 0 saturated heterocycles. The van der Waals surface area contributed by atoms with Crippen molar-refractivity contribution in [3.05, 3.63) is 60.7 Å². The van der Waals surface area contributed by atoms with Crippen LogP contribution in [0.15, 0.2) is 60.7 Å². The Hall–Kier alpha value is -2.75. The van der Waals surface area contributed by atoms with Crippen molar-refractivity contribution in [2.75, 3.05) is 12.4 Å². The van der Waals surface area contributed by atoms with Crippen molar-refractivity contribution in [3.8, 4) is 17.2 Å². The van der Waals surface area contributed by atoms with Gasteiger partial charge in [0.1, 0.15) is 5.75 Å². The topological polar surface area (TPSA) is 47.6 Å². The number of nitrogens with one attached hydrogen (secondary N) is 1. The zero-order valence-corrected chi connectivity index (χ0v) is 13.7. The fraction of sp³-hybridized carbons (Fsp3) is 0.250. The van der Waals surface area contributed by atoms with Crippen molar-refractivity contribution < 1.29 is 14.3 Å². The van der Waals surface area contributed by atoms with Crippen LogP contribution < -0.4 is 14.8 Å². The number of amides is 1. The van der Waals surface area contributed by atoms with Crippen molar-refractivity contribution in [1.29, 1.82) is 0 Å². The van der Waals surface area contributed by atoms with Crippen LogP contribution in [-0.4, -0.2) is 13.0 Å². The van der Waals surface area contributed by atoms with Crippen LogP contribution in [0.25, 0.3) is 0 Å². The van der Waals surface area contributed by atoms with Crippen LogP contribution >= 0.6 is 0 Å². The van der Waals surface area contributed by atoms with Gasteiger partial charge in [0.25, 0.3) is 0 Å². The van der Waals surface area contributed by atoms with Crippen molar-refractivity contribution in [1.82, 2.24) is 0 Å². The number of anilines is 1. The van der Waals surface area contributed by atoms with E-state index in [1.165, 1.54) is 0 Å². The Bertz CT molecular complexity index is 722. The molecule has 2 aromatic rings. The highest BCUT2D eigenvalue weighted by Gasteiger charge is 2.14. The summed E-state index contributed by atoms with van der Waals surface area (Å²) in [6.45, 7) is 0. The standard InChI is InChI=1S/C20H21NO3/c1-23-18-8-4-5-9-19(18)24-17-12-10-16(11-13-17)21-20(22)14-15-6-2-3-7-15/h2,4-6,8-13,15H,3,7,14H2,1H3,(H,21,22). The van der Waals surface area contributed by atoms with Crippen LogP contribution in [0.3, 0.4) is 0 Å². The number of allylic oxidation sites excluding steroid dienone is 2. The van der Waals surface area contributed by atoms with Gasteiger partial charge in [-0.15, -0.1) is 0 Å². The lowest BCUT2D eigenvalue weighted by molar-refractivity contribution is -0.116. The number of benzene rings is 2. The smallest absolute Gasteiger partial charge is 0.224 e. The van der Waals surface area contributed by atoms with E-state index >= 15 is 0 Å². The lowest BCUT2D eigenvalue weighted by atomic mass is 10.1. The summed E-state index contributed by atoms with van der Waals surface area (Å²) >= 11 is 0. The largest absolute Gasteiger partial charge is 0.493 e. The normalized spacial score (nSPS) is 16.0. The maximum absolute atomic E-state index is 12.0. The number of methoxy groups -OCH3 is 1. The van der Waals surface area contributed by atoms with Gasteiger partial charge in [-0.3, -0.25) is 4.79 Å². The Labute approximate surface area is 142 Å². The molecule has 0 radical (unpaired) electrons. The third-order valence-corrected chi connectivity index (χ3v) is 3.99. The quantitative estimate of drug-likeness (QED) is 0.778. The zero-order chi connectivity index (χ0) is 16.8. The van der Waals surface area contributed by atoms with Gasteiger partial charge >= 0.3 is 0 Å². The van der Waals surface area contributed by atoms with E-state index in [0.29, 0.717) is 29.6 Å². The molecule has 2 aromatic carbocycles. The van der Waals surface area contributed by atoms with Gasteiger partial charge in [-0.25, -0.2) is 0 Å². The van der Waals surface area contributed by atoms with E-state index < -0.39 is 0 Å². The highest BCUT2D eigenvalue weighted by atomic mass is 16.5. The van der Waals surface area contributed by atoms with Crippen molar-refractivity contribution in [2.45, 2.75) is 19.3 Å². The fourth-order valence-corrected chi connectivity index (χ4v) is 2.75. The van der Waals surface area contributed by atoms with Gasteiger partial charge in [0.15, 0.2) is 11.5 Å². The number of ether oxygens (including phenoxy) is 2. The first-order valence-electron chi connectivity index (χ1n) is 8.12. The van der Waals surface area contributed by atoms with Gasteiger partial charge in [0, 0.05) is 12.1 Å². The van der Waals surface area contributed by atoms with Gasteiger partial charge in [0.2, 0.25) is 5.91 Å². The molecular weight excluding hydrogens is 302 g/mol. The molecule has 1 unspecified atom stereocenters. The molecule has 0 heterocycles. The van der Waals surface area contributed by atoms with E-state index in [0.717, 1.165) is 18.5 Å². The first-order valence-corrected chi connectivity index (χ1v) is 8.12. The van der Waals surface area contributed by atoms with Gasteiger partial charge in [0.05, 0.1) is 7.11 Å². The first kappa shape index (κ1) is 16.1. The highest BCUT2D eigenvalue weighted by Crippen LogP contribution is 2.31. The molecule has 0 spiro atoms. The molecule has 0 fully saturated rings. The molecular formula is C20H21NO3. The molecule has 0 aromatic heterocycles. The SMILES string of the molecule is COc1ccccc1Oc1ccc(NC(=O)CC2C=CCC2)cc1. The molecule has 24 heavy (non-hydrogen) atoms. The lowest BCUT2D eigenvalue weighted by Gasteiger charge is -2.11. The van der Waals surface area contributed by atoms with Crippen molar-refractivity contribution in [3.63, 3.8) is 0 Å². The molecule has 0 saturated carbocycles. The van der Waals surface area contributed by atoms with E-state index in [2.05, 4.69) is 17.5 Å². The van der Waals surface area contributed by atoms with Crippen LogP contribution in [0.4, 0.5) is 5.69 Å². The average molecular weight is 323 g/mol. The maximum atomic E-state index is 12.0. The second kappa shape index (κ2) is 7.68. The summed E-state index contributed by atoms with van der Waals surface area (Å²) in [5.41, 5.74) is 0.773. The zero-order valence-electron chi connectivity index (χ0n) is 13.7. The number of hydrogen-bond donors (Lipinski definition) is 1. The molecule has 0 bridgehead atoms. The molecule has 1 aliphatic carbocycles. The molecule has 4 heteroatoms. The summed E-state index contributed by atoms with van der Waals surface area (Å²) in [6, 6.07) is 14.8. The van der Waals surface area contributed by atoms with Crippen LogP contribution in [0.5, 0.6) is 17.2 Å². The predicted molar refractivity (Wildman–Crippen MR) is 94.6 cm³/mol. The van der Waals surface area contributed by atoms with Gasteiger partial charge in [-0.1, -0.05) is 24.3 Å². The number of carbonyl (C=O) groups is 1. The van der Waals surface area contributed by atoms with Gasteiger partial charge in [-0.05, 0) is 55.2 Å². The Kier molecular flexibility index (Phi) is 5.16. The summed E-state index contributed by atoms with van der Waals surface area (Å²) < 4.78 is 11.1. The summed E-state index contributed by atoms with van der Waals surface area (Å²) in [5, 5.41) is 2.93. The third-order valence-electron chi connectivity index (χ3n) is 3.99. The molecule has 4 nitrogen and oxygen atoms in total. The van der Waals surface area contributed by atoms with E-state index in [1.807, 2.05) is 48.5 Å². The molecule has 124 valence electrons. The minimum Gasteiger partial charge on any atom is -0.493 e. The van der Waals surface area contributed by atoms with E-state index in [9.17, 15) is 4.79 Å². The fourth-order valence-electron chi connectivity index (χ4n) is 2.75. The summed E-state index contributed by atoms with van der Waals surface area (Å²) in [7, 11) is 1.61. The van der Waals surface area contributed by atoms with E-state index in [-0.39, 0.29) is 5.91 Å². The summed E-state index contributed by atoms with van der Waals surface area (Å²) in [4.78, 5) is 12.0. The Morgan fingerprint density at radius 1 is 1.12 bits per heavy atom. The average Bonchev–Trinajstić information content (AvgIpc) is 3.10. The number of rotatable bonds is 6. The number of hydrogen-bond acceptors (Lipinski definition) is 3. The molecule has 1 N–H and O–H groups in total. The van der Waals surface area contributed by atoms with E-state index in [1.54, 1.807) is 7.11 Å². The first-order chi connectivity index (χ1) is 11.7. The predicted octanol–water partition coefficient (Wildman–Crippen LogP) is 4.78. The van der Waals surface area contributed by atoms with Gasteiger partial charge < -0.3 is 14.8 Å². The molecule has 0 aliphatic heterocycles. The van der Waals surface area contributed by atoms with Crippen molar-refractivity contribution in [2.24, 2.45) is 5.92 Å². The monoisotopic (exact) mass is 323 g/mol. The lowest BCUT2D eigenvalue weighted by Crippen LogP contribution is -2.14. The Balaban J connectivity index is 1.58. The molecule has 1 atom stereocenters.